The van der Waals surface area contributed by atoms with Gasteiger partial charge in [0.15, 0.2) is 5.75 Å². The lowest BCUT2D eigenvalue weighted by Crippen LogP contribution is -2.43. The number of esters is 1. The zero-order chi connectivity index (χ0) is 22.4. The van der Waals surface area contributed by atoms with Crippen LogP contribution in [0.4, 0.5) is 5.69 Å². The number of fused-ring (bicyclic) bond motifs is 1. The fourth-order valence-corrected chi connectivity index (χ4v) is 4.45. The molecule has 3 aromatic rings. The van der Waals surface area contributed by atoms with Crippen molar-refractivity contribution in [3.63, 3.8) is 0 Å². The number of anilines is 1. The molecular weight excluding hydrogens is 508 g/mol. The molecular formula is C20H12Cl5N3O3. The highest BCUT2D eigenvalue weighted by molar-refractivity contribution is 6.42. The molecule has 1 aliphatic heterocycles. The van der Waals surface area contributed by atoms with Crippen molar-refractivity contribution in [3.05, 3.63) is 72.9 Å². The number of hydrogen-bond acceptors (Lipinski definition) is 4. The highest BCUT2D eigenvalue weighted by Crippen LogP contribution is 2.37. The molecule has 4 rings (SSSR count). The molecule has 1 atom stereocenters. The summed E-state index contributed by atoms with van der Waals surface area (Å²) in [7, 11) is 0. The van der Waals surface area contributed by atoms with Gasteiger partial charge in [-0.2, -0.15) is 5.10 Å². The Morgan fingerprint density at radius 1 is 1.03 bits per heavy atom. The number of nitrogens with zero attached hydrogens (tertiary/aromatic N) is 3. The molecule has 0 bridgehead atoms. The van der Waals surface area contributed by atoms with E-state index in [1.165, 1.54) is 27.9 Å². The van der Waals surface area contributed by atoms with Crippen LogP contribution in [0.15, 0.2) is 36.5 Å². The van der Waals surface area contributed by atoms with Gasteiger partial charge in [-0.05, 0) is 37.3 Å². The average Bonchev–Trinajstić information content (AvgIpc) is 3.16. The van der Waals surface area contributed by atoms with E-state index < -0.39 is 11.9 Å². The average molecular weight is 520 g/mol. The van der Waals surface area contributed by atoms with Gasteiger partial charge in [-0.15, -0.1) is 0 Å². The van der Waals surface area contributed by atoms with Crippen LogP contribution in [0.25, 0.3) is 0 Å². The third kappa shape index (κ3) is 4.11. The van der Waals surface area contributed by atoms with Crippen molar-refractivity contribution in [2.24, 2.45) is 0 Å². The Morgan fingerprint density at radius 3 is 2.35 bits per heavy atom. The maximum absolute atomic E-state index is 13.3. The van der Waals surface area contributed by atoms with Gasteiger partial charge in [0.25, 0.3) is 5.91 Å². The molecule has 31 heavy (non-hydrogen) atoms. The van der Waals surface area contributed by atoms with E-state index in [-0.39, 0.29) is 33.1 Å². The molecule has 0 aliphatic carbocycles. The van der Waals surface area contributed by atoms with Crippen LogP contribution in [-0.4, -0.2) is 28.2 Å². The van der Waals surface area contributed by atoms with Crippen LogP contribution in [0.1, 0.15) is 33.8 Å². The van der Waals surface area contributed by atoms with Crippen LogP contribution in [0.2, 0.25) is 25.1 Å². The van der Waals surface area contributed by atoms with Crippen molar-refractivity contribution in [1.29, 1.82) is 0 Å². The highest BCUT2D eigenvalue weighted by atomic mass is 35.5. The molecule has 2 heterocycles. The molecule has 0 unspecified atom stereocenters. The Kier molecular flexibility index (Phi) is 6.12. The fourth-order valence-electron chi connectivity index (χ4n) is 3.26. The molecule has 1 aromatic heterocycles. The Balaban J connectivity index is 1.70. The van der Waals surface area contributed by atoms with E-state index in [2.05, 4.69) is 5.10 Å². The third-order valence-electron chi connectivity index (χ3n) is 4.70. The number of hydrogen-bond donors (Lipinski definition) is 0. The largest absolute Gasteiger partial charge is 0.420 e. The number of benzene rings is 2. The number of carbonyl (C=O) groups is 2. The standard InChI is InChI=1S/C20H12Cl5N3O3/c1-9-8-27(11-2-3-13(22)14(23)6-11)19(29)17-12(7-26-28(9)17)20(30)31-18-15(24)4-10(21)5-16(18)25/h2-7,9H,8H2,1H3/t9-/m0/s1. The maximum atomic E-state index is 13.3. The van der Waals surface area contributed by atoms with E-state index in [1.54, 1.807) is 18.2 Å². The molecule has 0 saturated heterocycles. The summed E-state index contributed by atoms with van der Waals surface area (Å²) in [4.78, 5) is 27.7. The Hall–Kier alpha value is -1.96. The smallest absolute Gasteiger partial charge is 0.347 e. The molecule has 0 saturated carbocycles. The predicted octanol–water partition coefficient (Wildman–Crippen LogP) is 6.59. The molecule has 1 aliphatic rings. The lowest BCUT2D eigenvalue weighted by Gasteiger charge is -2.32. The summed E-state index contributed by atoms with van der Waals surface area (Å²) >= 11 is 30.2. The molecule has 11 heteroatoms. The molecule has 6 nitrogen and oxygen atoms in total. The quantitative estimate of drug-likeness (QED) is 0.289. The normalized spacial score (nSPS) is 15.7. The first-order chi connectivity index (χ1) is 14.7. The molecule has 1 amide bonds. The maximum Gasteiger partial charge on any atom is 0.347 e. The molecule has 0 radical (unpaired) electrons. The van der Waals surface area contributed by atoms with Gasteiger partial charge >= 0.3 is 5.97 Å². The predicted molar refractivity (Wildman–Crippen MR) is 122 cm³/mol. The lowest BCUT2D eigenvalue weighted by molar-refractivity contribution is 0.0727. The first kappa shape index (κ1) is 22.2. The van der Waals surface area contributed by atoms with Crippen LogP contribution < -0.4 is 9.64 Å². The van der Waals surface area contributed by atoms with Gasteiger partial charge in [0.1, 0.15) is 11.3 Å². The van der Waals surface area contributed by atoms with Crippen molar-refractivity contribution in [2.75, 3.05) is 11.4 Å². The zero-order valence-corrected chi connectivity index (χ0v) is 19.5. The van der Waals surface area contributed by atoms with Crippen molar-refractivity contribution < 1.29 is 14.3 Å². The van der Waals surface area contributed by atoms with Gasteiger partial charge in [-0.25, -0.2) is 4.79 Å². The molecule has 2 aromatic carbocycles. The van der Waals surface area contributed by atoms with Gasteiger partial charge in [0.05, 0.1) is 32.3 Å². The second kappa shape index (κ2) is 8.52. The van der Waals surface area contributed by atoms with E-state index >= 15 is 0 Å². The van der Waals surface area contributed by atoms with Gasteiger partial charge in [-0.3, -0.25) is 9.48 Å². The Labute approximate surface area is 202 Å². The summed E-state index contributed by atoms with van der Waals surface area (Å²) in [6.07, 6.45) is 1.28. The second-order valence-electron chi connectivity index (χ2n) is 6.80. The lowest BCUT2D eigenvalue weighted by atomic mass is 10.1. The number of amides is 1. The van der Waals surface area contributed by atoms with Gasteiger partial charge in [0.2, 0.25) is 0 Å². The van der Waals surface area contributed by atoms with Gasteiger partial charge in [0, 0.05) is 17.3 Å². The summed E-state index contributed by atoms with van der Waals surface area (Å²) < 4.78 is 6.86. The monoisotopic (exact) mass is 517 g/mol. The van der Waals surface area contributed by atoms with Crippen LogP contribution >= 0.6 is 58.0 Å². The minimum atomic E-state index is -0.830. The van der Waals surface area contributed by atoms with Crippen molar-refractivity contribution in [2.45, 2.75) is 13.0 Å². The molecule has 0 spiro atoms. The van der Waals surface area contributed by atoms with E-state index in [4.69, 9.17) is 62.7 Å². The second-order valence-corrected chi connectivity index (χ2v) is 8.87. The van der Waals surface area contributed by atoms with Crippen molar-refractivity contribution >= 4 is 75.6 Å². The van der Waals surface area contributed by atoms with Gasteiger partial charge in [-0.1, -0.05) is 58.0 Å². The Morgan fingerprint density at radius 2 is 1.71 bits per heavy atom. The van der Waals surface area contributed by atoms with Crippen molar-refractivity contribution in [3.8, 4) is 5.75 Å². The SMILES string of the molecule is C[C@H]1CN(c2ccc(Cl)c(Cl)c2)C(=O)c2c(C(=O)Oc3c(Cl)cc(Cl)cc3Cl)cnn21. The number of aromatic nitrogens is 2. The first-order valence-corrected chi connectivity index (χ1v) is 10.8. The molecule has 0 N–H and O–H groups in total. The summed E-state index contributed by atoms with van der Waals surface area (Å²) in [6, 6.07) is 7.44. The summed E-state index contributed by atoms with van der Waals surface area (Å²) in [5, 5.41) is 5.29. The van der Waals surface area contributed by atoms with E-state index in [1.807, 2.05) is 6.92 Å². The minimum absolute atomic E-state index is 0.0244. The van der Waals surface area contributed by atoms with Crippen LogP contribution in [0.3, 0.4) is 0 Å². The Bertz CT molecular complexity index is 1200. The van der Waals surface area contributed by atoms with E-state index in [0.717, 1.165) is 0 Å². The van der Waals surface area contributed by atoms with Crippen LogP contribution in [0.5, 0.6) is 5.75 Å². The van der Waals surface area contributed by atoms with E-state index in [9.17, 15) is 9.59 Å². The highest BCUT2D eigenvalue weighted by Gasteiger charge is 2.36. The summed E-state index contributed by atoms with van der Waals surface area (Å²) in [6.45, 7) is 2.20. The summed E-state index contributed by atoms with van der Waals surface area (Å²) in [5.74, 6) is -1.33. The third-order valence-corrected chi connectivity index (χ3v) is 6.22. The number of ether oxygens (including phenoxy) is 1. The number of carbonyl (C=O) groups excluding carboxylic acids is 2. The van der Waals surface area contributed by atoms with Crippen LogP contribution in [-0.2, 0) is 0 Å². The first-order valence-electron chi connectivity index (χ1n) is 8.88. The van der Waals surface area contributed by atoms with Crippen molar-refractivity contribution in [1.82, 2.24) is 9.78 Å². The summed E-state index contributed by atoms with van der Waals surface area (Å²) in [5.41, 5.74) is 0.599. The molecule has 0 fully saturated rings. The number of halogens is 5. The van der Waals surface area contributed by atoms with Gasteiger partial charge < -0.3 is 9.64 Å². The van der Waals surface area contributed by atoms with Crippen LogP contribution in [0, 0.1) is 0 Å². The zero-order valence-electron chi connectivity index (χ0n) is 15.7. The number of rotatable bonds is 3. The topological polar surface area (TPSA) is 64.4 Å². The fraction of sp³-hybridized carbons (Fsp3) is 0.150. The molecule has 160 valence electrons. The van der Waals surface area contributed by atoms with E-state index in [0.29, 0.717) is 27.3 Å². The minimum Gasteiger partial charge on any atom is -0.420 e.